The van der Waals surface area contributed by atoms with Crippen molar-refractivity contribution in [2.45, 2.75) is 17.3 Å². The van der Waals surface area contributed by atoms with Crippen LogP contribution in [0, 0.1) is 0 Å². The monoisotopic (exact) mass is 452 g/mol. The number of carboxylic acids is 1. The second-order valence-corrected chi connectivity index (χ2v) is 9.11. The van der Waals surface area contributed by atoms with Crippen molar-refractivity contribution >= 4 is 15.8 Å². The Hall–Kier alpha value is -3.83. The van der Waals surface area contributed by atoms with Gasteiger partial charge in [-0.2, -0.15) is 10.1 Å². The number of nitrogens with zero attached hydrogens (tertiary/aromatic N) is 4. The van der Waals surface area contributed by atoms with Gasteiger partial charge >= 0.3 is 5.97 Å². The van der Waals surface area contributed by atoms with Gasteiger partial charge in [0.2, 0.25) is 0 Å². The predicted octanol–water partition coefficient (Wildman–Crippen LogP) is 2.72. The first-order valence-corrected chi connectivity index (χ1v) is 11.1. The molecule has 3 heterocycles. The van der Waals surface area contributed by atoms with Crippen molar-refractivity contribution in [3.63, 3.8) is 0 Å². The fraction of sp³-hybridized carbons (Fsp3) is 0.143. The normalized spacial score (nSPS) is 14.0. The molecule has 0 atom stereocenters. The van der Waals surface area contributed by atoms with Crippen molar-refractivity contribution in [1.82, 2.24) is 19.9 Å². The van der Waals surface area contributed by atoms with Gasteiger partial charge in [0.15, 0.2) is 21.4 Å². The minimum Gasteiger partial charge on any atom is -0.476 e. The fourth-order valence-corrected chi connectivity index (χ4v) is 5.35. The Bertz CT molecular complexity index is 1470. The summed E-state index contributed by atoms with van der Waals surface area (Å²) in [5.41, 5.74) is 1.79. The van der Waals surface area contributed by atoms with Crippen LogP contribution in [0.5, 0.6) is 0 Å². The van der Waals surface area contributed by atoms with Gasteiger partial charge < -0.3 is 14.4 Å². The van der Waals surface area contributed by atoms with Gasteiger partial charge in [-0.05, 0) is 24.3 Å². The first-order chi connectivity index (χ1) is 15.4. The molecular weight excluding hydrogens is 436 g/mol. The number of carbonyl (C=O) groups is 1. The predicted molar refractivity (Wildman–Crippen MR) is 111 cm³/mol. The summed E-state index contributed by atoms with van der Waals surface area (Å²) in [5, 5.41) is 17.8. The van der Waals surface area contributed by atoms with Crippen molar-refractivity contribution in [1.29, 1.82) is 0 Å². The third-order valence-corrected chi connectivity index (χ3v) is 6.77. The van der Waals surface area contributed by atoms with Crippen molar-refractivity contribution in [3.8, 4) is 28.4 Å². The lowest BCUT2D eigenvalue weighted by Gasteiger charge is -2.19. The average molecular weight is 452 g/mol. The molecular formula is C21H16N4O6S. The second-order valence-electron chi connectivity index (χ2n) is 7.15. The molecule has 0 fully saturated rings. The van der Waals surface area contributed by atoms with Crippen LogP contribution in [0.15, 0.2) is 57.9 Å². The lowest BCUT2D eigenvalue weighted by atomic mass is 10.1. The molecule has 0 saturated carbocycles. The number of hydrogen-bond acceptors (Lipinski definition) is 8. The third kappa shape index (κ3) is 3.18. The maximum atomic E-state index is 12.8. The highest BCUT2D eigenvalue weighted by Crippen LogP contribution is 2.40. The topological polar surface area (TPSA) is 137 Å². The molecule has 2 aromatic heterocycles. The van der Waals surface area contributed by atoms with Crippen LogP contribution >= 0.6 is 0 Å². The van der Waals surface area contributed by atoms with Crippen LogP contribution in [0.4, 0.5) is 0 Å². The average Bonchev–Trinajstić information content (AvgIpc) is 3.39. The van der Waals surface area contributed by atoms with E-state index < -0.39 is 21.6 Å². The summed E-state index contributed by atoms with van der Waals surface area (Å²) in [5.74, 6) is -1.09. The van der Waals surface area contributed by atoms with Gasteiger partial charge in [0, 0.05) is 23.8 Å². The summed E-state index contributed by atoms with van der Waals surface area (Å²) in [7, 11) is -2.17. The van der Waals surface area contributed by atoms with E-state index in [1.54, 1.807) is 42.5 Å². The Balaban J connectivity index is 1.71. The van der Waals surface area contributed by atoms with Gasteiger partial charge in [-0.15, -0.1) is 0 Å². The molecule has 32 heavy (non-hydrogen) atoms. The summed E-state index contributed by atoms with van der Waals surface area (Å²) < 4.78 is 37.3. The van der Waals surface area contributed by atoms with E-state index in [0.717, 1.165) is 0 Å². The molecule has 0 unspecified atom stereocenters. The number of ether oxygens (including phenoxy) is 1. The zero-order valence-electron chi connectivity index (χ0n) is 16.7. The van der Waals surface area contributed by atoms with Crippen molar-refractivity contribution in [3.05, 3.63) is 65.6 Å². The maximum absolute atomic E-state index is 12.8. The van der Waals surface area contributed by atoms with Crippen LogP contribution < -0.4 is 0 Å². The van der Waals surface area contributed by atoms with E-state index >= 15 is 0 Å². The summed E-state index contributed by atoms with van der Waals surface area (Å²) in [6.07, 6.45) is 0. The van der Waals surface area contributed by atoms with Crippen molar-refractivity contribution < 1.29 is 27.6 Å². The van der Waals surface area contributed by atoms with Gasteiger partial charge in [0.25, 0.3) is 5.89 Å². The number of sulfone groups is 1. The number of hydrogen-bond donors (Lipinski definition) is 1. The van der Waals surface area contributed by atoms with E-state index in [4.69, 9.17) is 9.26 Å². The molecule has 0 spiro atoms. The molecule has 0 saturated heterocycles. The van der Waals surface area contributed by atoms with E-state index in [2.05, 4.69) is 15.2 Å². The zero-order chi connectivity index (χ0) is 22.5. The highest BCUT2D eigenvalue weighted by molar-refractivity contribution is 7.90. The van der Waals surface area contributed by atoms with E-state index in [-0.39, 0.29) is 28.7 Å². The van der Waals surface area contributed by atoms with E-state index in [0.29, 0.717) is 28.3 Å². The number of methoxy groups -OCH3 is 1. The summed E-state index contributed by atoms with van der Waals surface area (Å²) >= 11 is 0. The molecule has 0 bridgehead atoms. The molecule has 10 nitrogen and oxygen atoms in total. The van der Waals surface area contributed by atoms with Crippen LogP contribution in [0.3, 0.4) is 0 Å². The van der Waals surface area contributed by atoms with E-state index in [1.165, 1.54) is 17.9 Å². The summed E-state index contributed by atoms with van der Waals surface area (Å²) in [6.45, 7) is 0.198. The van der Waals surface area contributed by atoms with Crippen LogP contribution in [0.2, 0.25) is 0 Å². The number of aromatic nitrogens is 4. The summed E-state index contributed by atoms with van der Waals surface area (Å²) in [6, 6.07) is 13.5. The molecule has 1 aliphatic rings. The molecule has 5 rings (SSSR count). The molecule has 4 aromatic rings. The quantitative estimate of drug-likeness (QED) is 0.484. The molecule has 11 heteroatoms. The molecule has 2 aromatic carbocycles. The lowest BCUT2D eigenvalue weighted by Crippen LogP contribution is -2.15. The zero-order valence-corrected chi connectivity index (χ0v) is 17.5. The summed E-state index contributed by atoms with van der Waals surface area (Å²) in [4.78, 5) is 16.3. The smallest absolute Gasteiger partial charge is 0.356 e. The van der Waals surface area contributed by atoms with Crippen LogP contribution in [0.25, 0.3) is 28.4 Å². The van der Waals surface area contributed by atoms with Gasteiger partial charge in [0.05, 0.1) is 22.0 Å². The Morgan fingerprint density at radius 2 is 2.03 bits per heavy atom. The highest BCUT2D eigenvalue weighted by Gasteiger charge is 2.35. The highest BCUT2D eigenvalue weighted by atomic mass is 32.2. The number of benzene rings is 2. The number of aromatic carboxylic acids is 1. The van der Waals surface area contributed by atoms with Crippen LogP contribution in [-0.4, -0.2) is 46.5 Å². The Labute approximate surface area is 182 Å². The van der Waals surface area contributed by atoms with Crippen molar-refractivity contribution in [2.24, 2.45) is 0 Å². The van der Waals surface area contributed by atoms with Crippen LogP contribution in [-0.2, 0) is 26.9 Å². The van der Waals surface area contributed by atoms with Gasteiger partial charge in [-0.1, -0.05) is 29.4 Å². The molecule has 1 N–H and O–H groups in total. The van der Waals surface area contributed by atoms with Gasteiger partial charge in [-0.25, -0.2) is 17.9 Å². The lowest BCUT2D eigenvalue weighted by molar-refractivity contribution is 0.0689. The third-order valence-electron chi connectivity index (χ3n) is 5.08. The van der Waals surface area contributed by atoms with E-state index in [9.17, 15) is 18.3 Å². The maximum Gasteiger partial charge on any atom is 0.356 e. The number of rotatable bonds is 5. The van der Waals surface area contributed by atoms with Crippen LogP contribution in [0.1, 0.15) is 21.9 Å². The molecule has 1 aliphatic heterocycles. The van der Waals surface area contributed by atoms with Crippen molar-refractivity contribution in [2.75, 3.05) is 7.11 Å². The Morgan fingerprint density at radius 3 is 2.81 bits per heavy atom. The number of carboxylic acid groups (broad SMARTS) is 1. The molecule has 0 amide bonds. The molecule has 162 valence electrons. The molecule has 0 aliphatic carbocycles. The fourth-order valence-electron chi connectivity index (χ4n) is 3.75. The Morgan fingerprint density at radius 1 is 1.22 bits per heavy atom. The Kier molecular flexibility index (Phi) is 4.64. The standard InChI is InChI=1S/C21H16N4O6S/c1-30-10-17-22-20(31-24-17)12-5-4-6-13(9-12)25-19-14-7-2-3-8-16(14)32(28,29)11-15(19)18(23-25)21(26)27/h2-9H,10-11H2,1H3,(H,26,27). The first-order valence-electron chi connectivity index (χ1n) is 9.48. The first kappa shape index (κ1) is 20.1. The minimum atomic E-state index is -3.70. The largest absolute Gasteiger partial charge is 0.476 e. The minimum absolute atomic E-state index is 0.142. The molecule has 0 radical (unpaired) electrons. The van der Waals surface area contributed by atoms with Gasteiger partial charge in [-0.3, -0.25) is 0 Å². The second kappa shape index (κ2) is 7.39. The van der Waals surface area contributed by atoms with E-state index in [1.807, 2.05) is 0 Å². The SMILES string of the molecule is COCc1noc(-c2cccc(-n3nc(C(=O)O)c4c3-c3ccccc3S(=O)(=O)C4)c2)n1. The van der Waals surface area contributed by atoms with Gasteiger partial charge in [0.1, 0.15) is 6.61 Å². The number of fused-ring (bicyclic) bond motifs is 3.